The number of anilines is 1. The molecule has 2 aromatic heterocycles. The molecule has 1 aromatic carbocycles. The van der Waals surface area contributed by atoms with E-state index >= 15 is 0 Å². The van der Waals surface area contributed by atoms with Gasteiger partial charge in [-0.1, -0.05) is 0 Å². The summed E-state index contributed by atoms with van der Waals surface area (Å²) in [5.41, 5.74) is 8.65. The van der Waals surface area contributed by atoms with Crippen molar-refractivity contribution < 1.29 is 4.74 Å². The number of rotatable bonds is 3. The quantitative estimate of drug-likeness (QED) is 0.791. The summed E-state index contributed by atoms with van der Waals surface area (Å²) in [5, 5.41) is 0. The molecule has 0 fully saturated rings. The molecular weight excluding hydrogens is 332 g/mol. The second-order valence-corrected chi connectivity index (χ2v) is 5.26. The van der Waals surface area contributed by atoms with Gasteiger partial charge in [0.15, 0.2) is 0 Å². The third-order valence-electron chi connectivity index (χ3n) is 3.17. The van der Waals surface area contributed by atoms with E-state index in [-0.39, 0.29) is 0 Å². The Kier molecular flexibility index (Phi) is 3.62. The van der Waals surface area contributed by atoms with Crippen LogP contribution in [-0.4, -0.2) is 21.6 Å². The van der Waals surface area contributed by atoms with Crippen LogP contribution in [0, 0.1) is 0 Å². The van der Waals surface area contributed by atoms with Crippen molar-refractivity contribution in [2.75, 3.05) is 12.8 Å². The number of methoxy groups -OCH3 is 1. The van der Waals surface area contributed by atoms with Gasteiger partial charge in [0.1, 0.15) is 11.6 Å². The summed E-state index contributed by atoms with van der Waals surface area (Å²) in [6.45, 7) is 0. The maximum absolute atomic E-state index is 5.95. The zero-order valence-corrected chi connectivity index (χ0v) is 12.9. The lowest BCUT2D eigenvalue weighted by atomic mass is 10.2. The van der Waals surface area contributed by atoms with Crippen LogP contribution in [0.3, 0.4) is 0 Å². The minimum absolute atomic E-state index is 0.479. The number of ether oxygens (including phenoxy) is 1. The third-order valence-corrected chi connectivity index (χ3v) is 3.79. The van der Waals surface area contributed by atoms with Crippen LogP contribution in [0.5, 0.6) is 5.75 Å². The molecule has 0 spiro atoms. The highest BCUT2D eigenvalue weighted by Crippen LogP contribution is 2.30. The minimum atomic E-state index is 0.479. The molecule has 0 bridgehead atoms. The van der Waals surface area contributed by atoms with Crippen LogP contribution in [0.2, 0.25) is 0 Å². The minimum Gasteiger partial charge on any atom is -0.496 e. The van der Waals surface area contributed by atoms with E-state index in [0.717, 1.165) is 27.2 Å². The number of nitrogens with zero attached hydrogens (tertiary/aromatic N) is 3. The van der Waals surface area contributed by atoms with E-state index < -0.39 is 0 Å². The predicted octanol–water partition coefficient (Wildman–Crippen LogP) is 3.29. The van der Waals surface area contributed by atoms with Crippen molar-refractivity contribution in [3.8, 4) is 22.7 Å². The second-order valence-electron chi connectivity index (χ2n) is 4.40. The predicted molar refractivity (Wildman–Crippen MR) is 85.5 cm³/mol. The molecule has 6 heteroatoms. The highest BCUT2D eigenvalue weighted by atomic mass is 79.9. The lowest BCUT2D eigenvalue weighted by molar-refractivity contribution is 0.412. The molecule has 0 saturated carbocycles. The Hall–Kier alpha value is -2.34. The van der Waals surface area contributed by atoms with Gasteiger partial charge in [-0.3, -0.25) is 4.57 Å². The van der Waals surface area contributed by atoms with Gasteiger partial charge in [0, 0.05) is 17.4 Å². The van der Waals surface area contributed by atoms with Crippen molar-refractivity contribution in [2.24, 2.45) is 0 Å². The van der Waals surface area contributed by atoms with E-state index in [9.17, 15) is 0 Å². The second kappa shape index (κ2) is 5.57. The van der Waals surface area contributed by atoms with Gasteiger partial charge in [-0.25, -0.2) is 9.97 Å². The van der Waals surface area contributed by atoms with Gasteiger partial charge in [0.2, 0.25) is 0 Å². The van der Waals surface area contributed by atoms with Gasteiger partial charge < -0.3 is 10.5 Å². The van der Waals surface area contributed by atoms with E-state index in [1.165, 1.54) is 0 Å². The van der Waals surface area contributed by atoms with E-state index in [2.05, 4.69) is 25.9 Å². The molecular formula is C15H13BrN4O. The highest BCUT2D eigenvalue weighted by molar-refractivity contribution is 9.10. The Morgan fingerprint density at radius 2 is 2.14 bits per heavy atom. The number of halogens is 1. The SMILES string of the molecule is COc1ccc(-n2cncc2-c2cccnc2N)cc1Br. The zero-order chi connectivity index (χ0) is 14.8. The molecule has 21 heavy (non-hydrogen) atoms. The number of aromatic nitrogens is 3. The van der Waals surface area contributed by atoms with Crippen molar-refractivity contribution in [1.29, 1.82) is 0 Å². The van der Waals surface area contributed by atoms with Crippen molar-refractivity contribution in [2.45, 2.75) is 0 Å². The fraction of sp³-hybridized carbons (Fsp3) is 0.0667. The average Bonchev–Trinajstić information content (AvgIpc) is 2.97. The molecule has 2 heterocycles. The molecule has 0 aliphatic carbocycles. The number of hydrogen-bond donors (Lipinski definition) is 1. The first-order chi connectivity index (χ1) is 10.2. The van der Waals surface area contributed by atoms with Gasteiger partial charge in [0.05, 0.1) is 29.8 Å². The smallest absolute Gasteiger partial charge is 0.133 e. The number of nitrogens with two attached hydrogens (primary N) is 1. The Morgan fingerprint density at radius 3 is 2.86 bits per heavy atom. The Morgan fingerprint density at radius 1 is 1.29 bits per heavy atom. The number of imidazole rings is 1. The number of benzene rings is 1. The van der Waals surface area contributed by atoms with E-state index in [1.807, 2.05) is 34.9 Å². The van der Waals surface area contributed by atoms with Crippen LogP contribution < -0.4 is 10.5 Å². The van der Waals surface area contributed by atoms with Crippen molar-refractivity contribution in [3.05, 3.63) is 53.5 Å². The molecule has 0 radical (unpaired) electrons. The monoisotopic (exact) mass is 344 g/mol. The summed E-state index contributed by atoms with van der Waals surface area (Å²) in [6, 6.07) is 9.61. The molecule has 2 N–H and O–H groups in total. The first-order valence-electron chi connectivity index (χ1n) is 6.28. The Bertz CT molecular complexity index is 785. The number of hydrogen-bond acceptors (Lipinski definition) is 4. The summed E-state index contributed by atoms with van der Waals surface area (Å²) >= 11 is 3.49. The van der Waals surface area contributed by atoms with Crippen LogP contribution in [0.1, 0.15) is 0 Å². The van der Waals surface area contributed by atoms with Gasteiger partial charge in [-0.05, 0) is 46.3 Å². The topological polar surface area (TPSA) is 66.0 Å². The molecule has 0 aliphatic rings. The summed E-state index contributed by atoms with van der Waals surface area (Å²) in [7, 11) is 1.64. The van der Waals surface area contributed by atoms with E-state index in [1.54, 1.807) is 25.8 Å². The summed E-state index contributed by atoms with van der Waals surface area (Å²) < 4.78 is 8.08. The number of nitrogen functional groups attached to an aromatic ring is 1. The fourth-order valence-electron chi connectivity index (χ4n) is 2.14. The summed E-state index contributed by atoms with van der Waals surface area (Å²) in [4.78, 5) is 8.34. The Balaban J connectivity index is 2.11. The first kappa shape index (κ1) is 13.6. The molecule has 0 unspecified atom stereocenters. The van der Waals surface area contributed by atoms with Crippen molar-refractivity contribution in [1.82, 2.24) is 14.5 Å². The maximum atomic E-state index is 5.95. The molecule has 0 saturated heterocycles. The van der Waals surface area contributed by atoms with Crippen molar-refractivity contribution >= 4 is 21.7 Å². The fourth-order valence-corrected chi connectivity index (χ4v) is 2.67. The van der Waals surface area contributed by atoms with Gasteiger partial charge >= 0.3 is 0 Å². The molecule has 3 aromatic rings. The summed E-state index contributed by atoms with van der Waals surface area (Å²) in [5.74, 6) is 1.26. The average molecular weight is 345 g/mol. The number of pyridine rings is 1. The zero-order valence-electron chi connectivity index (χ0n) is 11.3. The molecule has 106 valence electrons. The van der Waals surface area contributed by atoms with Crippen LogP contribution >= 0.6 is 15.9 Å². The molecule has 0 amide bonds. The standard InChI is InChI=1S/C15H13BrN4O/c1-21-14-5-4-10(7-12(14)16)20-9-18-8-13(20)11-3-2-6-19-15(11)17/h2-9H,1H3,(H2,17,19). The molecule has 0 atom stereocenters. The van der Waals surface area contributed by atoms with E-state index in [4.69, 9.17) is 10.5 Å². The van der Waals surface area contributed by atoms with Crippen LogP contribution in [0.4, 0.5) is 5.82 Å². The van der Waals surface area contributed by atoms with Crippen LogP contribution in [0.15, 0.2) is 53.5 Å². The van der Waals surface area contributed by atoms with E-state index in [0.29, 0.717) is 5.82 Å². The van der Waals surface area contributed by atoms with Gasteiger partial charge in [-0.15, -0.1) is 0 Å². The largest absolute Gasteiger partial charge is 0.496 e. The third kappa shape index (κ3) is 2.50. The molecule has 0 aliphatic heterocycles. The van der Waals surface area contributed by atoms with Gasteiger partial charge in [0.25, 0.3) is 0 Å². The first-order valence-corrected chi connectivity index (χ1v) is 7.07. The lowest BCUT2D eigenvalue weighted by Gasteiger charge is -2.11. The molecule has 3 rings (SSSR count). The lowest BCUT2D eigenvalue weighted by Crippen LogP contribution is -1.99. The van der Waals surface area contributed by atoms with Gasteiger partial charge in [-0.2, -0.15) is 0 Å². The Labute approximate surface area is 130 Å². The maximum Gasteiger partial charge on any atom is 0.133 e. The van der Waals surface area contributed by atoms with Crippen LogP contribution in [0.25, 0.3) is 16.9 Å². The van der Waals surface area contributed by atoms with Crippen LogP contribution in [-0.2, 0) is 0 Å². The van der Waals surface area contributed by atoms with Crippen molar-refractivity contribution in [3.63, 3.8) is 0 Å². The summed E-state index contributed by atoms with van der Waals surface area (Å²) in [6.07, 6.45) is 5.19. The molecule has 5 nitrogen and oxygen atoms in total. The normalized spacial score (nSPS) is 10.6. The highest BCUT2D eigenvalue weighted by Gasteiger charge is 2.11.